The molecular formula is C15H24Cl2N2O5S. The number of hydrogen-bond donors (Lipinski definition) is 2. The normalized spacial score (nSPS) is 9.76. The molecule has 25 heavy (non-hydrogen) atoms. The standard InChI is InChI=1S/C7H8.C6H12N2O4S.C2H3ClO.ClH/c1-7-5-3-2-4-6-7;7-4-2-1-3-5(6(9)10)8-13(11)12;1-2(3)4;/h2-6H,1H3;5H,1-4,7H2,(H,9,10);1H3;1H. The topological polar surface area (TPSA) is 127 Å². The van der Waals surface area contributed by atoms with E-state index in [1.54, 1.807) is 0 Å². The Labute approximate surface area is 160 Å². The molecule has 10 heteroatoms. The first-order valence-corrected chi connectivity index (χ1v) is 8.52. The number of halogens is 2. The van der Waals surface area contributed by atoms with E-state index < -0.39 is 22.5 Å². The van der Waals surface area contributed by atoms with E-state index in [1.165, 1.54) is 12.5 Å². The number of benzene rings is 1. The highest BCUT2D eigenvalue weighted by Crippen LogP contribution is 2.04. The fourth-order valence-corrected chi connectivity index (χ4v) is 1.74. The molecule has 0 fully saturated rings. The number of nitrogens with two attached hydrogens (primary N) is 1. The summed E-state index contributed by atoms with van der Waals surface area (Å²) in [6, 6.07) is 9.10. The summed E-state index contributed by atoms with van der Waals surface area (Å²) in [6.45, 7) is 3.84. The van der Waals surface area contributed by atoms with Crippen LogP contribution in [0.4, 0.5) is 0 Å². The van der Waals surface area contributed by atoms with Crippen LogP contribution in [0.1, 0.15) is 31.7 Å². The molecule has 0 aliphatic heterocycles. The molecule has 0 saturated heterocycles. The Kier molecular flexibility index (Phi) is 21.4. The molecule has 0 aromatic heterocycles. The van der Waals surface area contributed by atoms with Crippen molar-refractivity contribution in [3.05, 3.63) is 35.9 Å². The van der Waals surface area contributed by atoms with Gasteiger partial charge in [0.1, 0.15) is 0 Å². The van der Waals surface area contributed by atoms with Gasteiger partial charge in [-0.05, 0) is 44.3 Å². The summed E-state index contributed by atoms with van der Waals surface area (Å²) in [7, 11) is -2.66. The first kappa shape index (κ1) is 28.3. The maximum Gasteiger partial charge on any atom is 0.329 e. The molecule has 0 spiro atoms. The van der Waals surface area contributed by atoms with Gasteiger partial charge in [-0.2, -0.15) is 12.8 Å². The van der Waals surface area contributed by atoms with Crippen LogP contribution in [0.3, 0.4) is 0 Å². The van der Waals surface area contributed by atoms with Crippen LogP contribution < -0.4 is 5.73 Å². The Morgan fingerprint density at radius 3 is 2.00 bits per heavy atom. The number of carboxylic acids is 1. The van der Waals surface area contributed by atoms with E-state index in [0.717, 1.165) is 0 Å². The monoisotopic (exact) mass is 414 g/mol. The van der Waals surface area contributed by atoms with Gasteiger partial charge in [0, 0.05) is 6.92 Å². The van der Waals surface area contributed by atoms with Crippen LogP contribution in [0, 0.1) is 6.92 Å². The van der Waals surface area contributed by atoms with E-state index in [4.69, 9.17) is 10.8 Å². The first-order valence-electron chi connectivity index (χ1n) is 7.11. The predicted molar refractivity (Wildman–Crippen MR) is 101 cm³/mol. The van der Waals surface area contributed by atoms with Crippen LogP contribution in [-0.2, 0) is 20.1 Å². The zero-order valence-electron chi connectivity index (χ0n) is 14.1. The molecular weight excluding hydrogens is 391 g/mol. The molecule has 7 nitrogen and oxygen atoms in total. The Morgan fingerprint density at radius 1 is 1.24 bits per heavy atom. The van der Waals surface area contributed by atoms with Gasteiger partial charge >= 0.3 is 16.5 Å². The van der Waals surface area contributed by atoms with Gasteiger partial charge in [0.25, 0.3) is 0 Å². The molecule has 1 atom stereocenters. The second-order valence-electron chi connectivity index (χ2n) is 4.59. The van der Waals surface area contributed by atoms with Crippen molar-refractivity contribution in [2.75, 3.05) is 6.54 Å². The van der Waals surface area contributed by atoms with E-state index in [2.05, 4.69) is 35.0 Å². The molecule has 1 aromatic carbocycles. The third-order valence-electron chi connectivity index (χ3n) is 2.37. The average molecular weight is 415 g/mol. The molecule has 1 rings (SSSR count). The van der Waals surface area contributed by atoms with Crippen molar-refractivity contribution in [1.29, 1.82) is 0 Å². The van der Waals surface area contributed by atoms with Crippen LogP contribution in [0.15, 0.2) is 34.7 Å². The van der Waals surface area contributed by atoms with Crippen molar-refractivity contribution in [2.45, 2.75) is 39.2 Å². The summed E-state index contributed by atoms with van der Waals surface area (Å²) in [6.07, 6.45) is 1.44. The Hall–Kier alpha value is -1.48. The summed E-state index contributed by atoms with van der Waals surface area (Å²) in [4.78, 5) is 19.6. The minimum atomic E-state index is -2.66. The number of aryl methyl sites for hydroxylation is 1. The van der Waals surface area contributed by atoms with Gasteiger partial charge in [-0.3, -0.25) is 4.79 Å². The summed E-state index contributed by atoms with van der Waals surface area (Å²) in [5.74, 6) is -1.22. The lowest BCUT2D eigenvalue weighted by Gasteiger charge is -2.02. The fraction of sp³-hybridized carbons (Fsp3) is 0.467. The highest BCUT2D eigenvalue weighted by Gasteiger charge is 2.15. The van der Waals surface area contributed by atoms with E-state index >= 15 is 0 Å². The molecule has 0 saturated carbocycles. The third kappa shape index (κ3) is 24.9. The SMILES string of the molecule is CC(=O)Cl.Cc1ccccc1.Cl.NCCCCC(N=S(=O)=O)C(=O)O. The first-order chi connectivity index (χ1) is 11.2. The van der Waals surface area contributed by atoms with Crippen molar-refractivity contribution >= 4 is 45.7 Å². The number of carboxylic acid groups (broad SMARTS) is 1. The second kappa shape index (κ2) is 18.9. The zero-order valence-corrected chi connectivity index (χ0v) is 16.5. The van der Waals surface area contributed by atoms with E-state index in [0.29, 0.717) is 19.4 Å². The number of unbranched alkanes of at least 4 members (excludes halogenated alkanes) is 1. The van der Waals surface area contributed by atoms with Crippen molar-refractivity contribution in [1.82, 2.24) is 0 Å². The number of nitrogens with zero attached hydrogens (tertiary/aromatic N) is 1. The van der Waals surface area contributed by atoms with Crippen molar-refractivity contribution in [3.8, 4) is 0 Å². The van der Waals surface area contributed by atoms with Crippen LogP contribution in [0.25, 0.3) is 0 Å². The van der Waals surface area contributed by atoms with Crippen molar-refractivity contribution in [2.24, 2.45) is 10.1 Å². The van der Waals surface area contributed by atoms with E-state index in [-0.39, 0.29) is 24.1 Å². The lowest BCUT2D eigenvalue weighted by molar-refractivity contribution is -0.138. The van der Waals surface area contributed by atoms with Crippen molar-refractivity contribution < 1.29 is 23.1 Å². The number of aliphatic carboxylic acids is 1. The highest BCUT2D eigenvalue weighted by atomic mass is 35.5. The molecule has 0 bridgehead atoms. The van der Waals surface area contributed by atoms with Gasteiger partial charge in [0.15, 0.2) is 6.04 Å². The molecule has 0 heterocycles. The average Bonchev–Trinajstić information content (AvgIpc) is 2.47. The summed E-state index contributed by atoms with van der Waals surface area (Å²) in [5, 5.41) is 8.16. The van der Waals surface area contributed by atoms with Crippen LogP contribution >= 0.6 is 24.0 Å². The smallest absolute Gasteiger partial charge is 0.329 e. The Morgan fingerprint density at radius 2 is 1.72 bits per heavy atom. The van der Waals surface area contributed by atoms with Gasteiger partial charge < -0.3 is 10.8 Å². The largest absolute Gasteiger partial charge is 0.480 e. The number of carbonyl (C=O) groups excluding carboxylic acids is 1. The van der Waals surface area contributed by atoms with Gasteiger partial charge in [-0.15, -0.1) is 12.4 Å². The predicted octanol–water partition coefficient (Wildman–Crippen LogP) is 2.82. The van der Waals surface area contributed by atoms with E-state index in [9.17, 15) is 18.0 Å². The van der Waals surface area contributed by atoms with Crippen LogP contribution in [0.5, 0.6) is 0 Å². The fourth-order valence-electron chi connectivity index (χ4n) is 1.34. The van der Waals surface area contributed by atoms with Gasteiger partial charge in [0.2, 0.25) is 5.24 Å². The highest BCUT2D eigenvalue weighted by molar-refractivity contribution is 7.61. The molecule has 0 amide bonds. The van der Waals surface area contributed by atoms with E-state index in [1.807, 2.05) is 18.2 Å². The van der Waals surface area contributed by atoms with Crippen LogP contribution in [0.2, 0.25) is 0 Å². The molecule has 0 aliphatic carbocycles. The minimum absolute atomic E-state index is 0. The second-order valence-corrected chi connectivity index (χ2v) is 5.76. The maximum absolute atomic E-state index is 10.4. The zero-order chi connectivity index (χ0) is 19.0. The number of rotatable bonds is 6. The molecule has 1 unspecified atom stereocenters. The third-order valence-corrected chi connectivity index (χ3v) is 2.80. The quantitative estimate of drug-likeness (QED) is 0.543. The lowest BCUT2D eigenvalue weighted by atomic mass is 10.1. The van der Waals surface area contributed by atoms with Gasteiger partial charge in [-0.25, -0.2) is 4.79 Å². The lowest BCUT2D eigenvalue weighted by Crippen LogP contribution is -2.17. The van der Waals surface area contributed by atoms with Crippen LogP contribution in [-0.4, -0.2) is 37.3 Å². The number of hydrogen-bond acceptors (Lipinski definition) is 6. The Bertz CT molecular complexity index is 598. The van der Waals surface area contributed by atoms with Gasteiger partial charge in [-0.1, -0.05) is 35.9 Å². The van der Waals surface area contributed by atoms with Gasteiger partial charge in [0.05, 0.1) is 0 Å². The summed E-state index contributed by atoms with van der Waals surface area (Å²) in [5.41, 5.74) is 6.51. The molecule has 1 aromatic rings. The molecule has 3 N–H and O–H groups in total. The number of carbonyl (C=O) groups is 2. The molecule has 0 aliphatic rings. The Balaban J connectivity index is -0.000000337. The minimum Gasteiger partial charge on any atom is -0.480 e. The maximum atomic E-state index is 10.4. The molecule has 0 radical (unpaired) electrons. The van der Waals surface area contributed by atoms with Crippen molar-refractivity contribution in [3.63, 3.8) is 0 Å². The summed E-state index contributed by atoms with van der Waals surface area (Å²) < 4.78 is 23.2. The summed E-state index contributed by atoms with van der Waals surface area (Å²) >= 11 is 4.64. The molecule has 144 valence electrons.